The van der Waals surface area contributed by atoms with E-state index in [1.165, 1.54) is 32.0 Å². The maximum Gasteiger partial charge on any atom is 0.242 e. The molecule has 0 amide bonds. The van der Waals surface area contributed by atoms with Crippen molar-refractivity contribution in [3.8, 4) is 5.88 Å². The maximum absolute atomic E-state index is 6.10. The lowest BCUT2D eigenvalue weighted by Gasteiger charge is -2.33. The van der Waals surface area contributed by atoms with E-state index in [1.54, 1.807) is 0 Å². The Hall–Kier alpha value is -1.52. The van der Waals surface area contributed by atoms with E-state index in [9.17, 15) is 0 Å². The average Bonchev–Trinajstić information content (AvgIpc) is 2.43. The van der Waals surface area contributed by atoms with Crippen molar-refractivity contribution in [2.75, 3.05) is 30.3 Å². The summed E-state index contributed by atoms with van der Waals surface area (Å²) in [6.07, 6.45) is 6.59. The number of aromatic nitrogens is 2. The number of piperidine rings is 1. The van der Waals surface area contributed by atoms with Gasteiger partial charge in [-0.2, -0.15) is 4.98 Å². The van der Waals surface area contributed by atoms with Gasteiger partial charge in [0.15, 0.2) is 5.82 Å². The van der Waals surface area contributed by atoms with Crippen LogP contribution in [-0.2, 0) is 0 Å². The largest absolute Gasteiger partial charge is 0.476 e. The molecule has 0 bridgehead atoms. The van der Waals surface area contributed by atoms with Crippen LogP contribution in [0.4, 0.5) is 11.5 Å². The van der Waals surface area contributed by atoms with Gasteiger partial charge in [-0.3, -0.25) is 0 Å². The van der Waals surface area contributed by atoms with Crippen LogP contribution in [0.1, 0.15) is 39.5 Å². The van der Waals surface area contributed by atoms with Crippen molar-refractivity contribution in [1.82, 2.24) is 9.97 Å². The van der Waals surface area contributed by atoms with Crippen LogP contribution in [0.25, 0.3) is 0 Å². The first kappa shape index (κ1) is 13.9. The van der Waals surface area contributed by atoms with E-state index < -0.39 is 0 Å². The van der Waals surface area contributed by atoms with Crippen LogP contribution in [0.15, 0.2) is 6.33 Å². The number of hydrogen-bond donors (Lipinski definition) is 1. The van der Waals surface area contributed by atoms with Crippen LogP contribution in [0, 0.1) is 5.92 Å². The molecule has 1 saturated heterocycles. The Bertz CT molecular complexity index is 402. The van der Waals surface area contributed by atoms with Crippen LogP contribution < -0.4 is 15.4 Å². The highest BCUT2D eigenvalue weighted by Crippen LogP contribution is 2.31. The molecule has 2 heterocycles. The molecule has 1 aliphatic heterocycles. The third-order valence-electron chi connectivity index (χ3n) is 3.72. The van der Waals surface area contributed by atoms with Crippen LogP contribution in [-0.4, -0.2) is 29.7 Å². The zero-order valence-electron chi connectivity index (χ0n) is 11.9. The van der Waals surface area contributed by atoms with Gasteiger partial charge in [-0.25, -0.2) is 4.98 Å². The Kier molecular flexibility index (Phi) is 4.82. The lowest BCUT2D eigenvalue weighted by molar-refractivity contribution is 0.327. The summed E-state index contributed by atoms with van der Waals surface area (Å²) >= 11 is 0. The molecule has 1 fully saturated rings. The maximum atomic E-state index is 6.10. The van der Waals surface area contributed by atoms with Crippen molar-refractivity contribution in [3.05, 3.63) is 6.33 Å². The molecule has 0 aliphatic carbocycles. The molecule has 1 aromatic heterocycles. The molecule has 19 heavy (non-hydrogen) atoms. The average molecular weight is 264 g/mol. The fourth-order valence-electron chi connectivity index (χ4n) is 2.72. The van der Waals surface area contributed by atoms with E-state index in [4.69, 9.17) is 10.5 Å². The normalized spacial score (nSPS) is 16.6. The summed E-state index contributed by atoms with van der Waals surface area (Å²) in [6, 6.07) is 0. The molecular formula is C14H24N4O. The molecular weight excluding hydrogens is 240 g/mol. The summed E-state index contributed by atoms with van der Waals surface area (Å²) in [4.78, 5) is 10.7. The minimum Gasteiger partial charge on any atom is -0.476 e. The molecule has 2 N–H and O–H groups in total. The zero-order chi connectivity index (χ0) is 13.7. The highest BCUT2D eigenvalue weighted by atomic mass is 16.5. The lowest BCUT2D eigenvalue weighted by Crippen LogP contribution is -2.34. The number of nitrogens with zero attached hydrogens (tertiary/aromatic N) is 3. The molecule has 106 valence electrons. The number of anilines is 2. The lowest BCUT2D eigenvalue weighted by atomic mass is 9.92. The van der Waals surface area contributed by atoms with Gasteiger partial charge >= 0.3 is 0 Å². The molecule has 0 atom stereocenters. The van der Waals surface area contributed by atoms with Gasteiger partial charge in [0.1, 0.15) is 12.0 Å². The van der Waals surface area contributed by atoms with E-state index in [0.717, 1.165) is 24.8 Å². The molecule has 0 spiro atoms. The van der Waals surface area contributed by atoms with E-state index in [2.05, 4.69) is 21.8 Å². The standard InChI is InChI=1S/C14H24N4O/c1-3-5-11-6-8-18(9-7-11)13-12(15)14(19-4-2)17-10-16-13/h10-11H,3-9,15H2,1-2H3. The first-order valence-corrected chi connectivity index (χ1v) is 7.24. The van der Waals surface area contributed by atoms with Crippen LogP contribution in [0.3, 0.4) is 0 Å². The number of nitrogens with two attached hydrogens (primary N) is 1. The van der Waals surface area contributed by atoms with Crippen molar-refractivity contribution < 1.29 is 4.74 Å². The van der Waals surface area contributed by atoms with Gasteiger partial charge < -0.3 is 15.4 Å². The second-order valence-electron chi connectivity index (χ2n) is 5.07. The SMILES string of the molecule is CCCC1CCN(c2ncnc(OCC)c2N)CC1. The van der Waals surface area contributed by atoms with Crippen molar-refractivity contribution >= 4 is 11.5 Å². The predicted molar refractivity (Wildman–Crippen MR) is 77.5 cm³/mol. The summed E-state index contributed by atoms with van der Waals surface area (Å²) in [5, 5.41) is 0. The Morgan fingerprint density at radius 2 is 2.05 bits per heavy atom. The van der Waals surface area contributed by atoms with Gasteiger partial charge in [0, 0.05) is 13.1 Å². The molecule has 1 aromatic rings. The van der Waals surface area contributed by atoms with Crippen molar-refractivity contribution in [2.45, 2.75) is 39.5 Å². The predicted octanol–water partition coefficient (Wildman–Crippen LogP) is 2.47. The Morgan fingerprint density at radius 3 is 2.68 bits per heavy atom. The highest BCUT2D eigenvalue weighted by molar-refractivity contribution is 5.67. The van der Waals surface area contributed by atoms with E-state index in [0.29, 0.717) is 18.2 Å². The molecule has 0 aromatic carbocycles. The van der Waals surface area contributed by atoms with Gasteiger partial charge in [-0.1, -0.05) is 19.8 Å². The Morgan fingerprint density at radius 1 is 1.32 bits per heavy atom. The molecule has 5 heteroatoms. The summed E-state index contributed by atoms with van der Waals surface area (Å²) in [5.41, 5.74) is 6.67. The van der Waals surface area contributed by atoms with E-state index in [1.807, 2.05) is 6.92 Å². The summed E-state index contributed by atoms with van der Waals surface area (Å²) in [6.45, 7) is 6.80. The van der Waals surface area contributed by atoms with Crippen molar-refractivity contribution in [1.29, 1.82) is 0 Å². The molecule has 0 unspecified atom stereocenters. The van der Waals surface area contributed by atoms with Gasteiger partial charge in [-0.15, -0.1) is 0 Å². The van der Waals surface area contributed by atoms with Crippen LogP contribution in [0.5, 0.6) is 5.88 Å². The quantitative estimate of drug-likeness (QED) is 0.885. The number of nitrogen functional groups attached to an aromatic ring is 1. The fraction of sp³-hybridized carbons (Fsp3) is 0.714. The van der Waals surface area contributed by atoms with E-state index >= 15 is 0 Å². The minimum atomic E-state index is 0.503. The van der Waals surface area contributed by atoms with E-state index in [-0.39, 0.29) is 0 Å². The summed E-state index contributed by atoms with van der Waals surface area (Å²) < 4.78 is 5.43. The first-order chi connectivity index (χ1) is 9.26. The van der Waals surface area contributed by atoms with Crippen molar-refractivity contribution in [3.63, 3.8) is 0 Å². The zero-order valence-corrected chi connectivity index (χ0v) is 11.9. The molecule has 0 saturated carbocycles. The number of rotatable bonds is 5. The summed E-state index contributed by atoms with van der Waals surface area (Å²) in [7, 11) is 0. The highest BCUT2D eigenvalue weighted by Gasteiger charge is 2.22. The van der Waals surface area contributed by atoms with Crippen LogP contribution >= 0.6 is 0 Å². The molecule has 2 rings (SSSR count). The first-order valence-electron chi connectivity index (χ1n) is 7.24. The van der Waals surface area contributed by atoms with Gasteiger partial charge in [0.2, 0.25) is 5.88 Å². The second kappa shape index (κ2) is 6.59. The minimum absolute atomic E-state index is 0.503. The number of hydrogen-bond acceptors (Lipinski definition) is 5. The second-order valence-corrected chi connectivity index (χ2v) is 5.07. The molecule has 0 radical (unpaired) electrons. The van der Waals surface area contributed by atoms with Crippen molar-refractivity contribution in [2.24, 2.45) is 5.92 Å². The van der Waals surface area contributed by atoms with Crippen LogP contribution in [0.2, 0.25) is 0 Å². The topological polar surface area (TPSA) is 64.3 Å². The molecule has 1 aliphatic rings. The third-order valence-corrected chi connectivity index (χ3v) is 3.72. The monoisotopic (exact) mass is 264 g/mol. The third kappa shape index (κ3) is 3.28. The Balaban J connectivity index is 2.05. The Labute approximate surface area is 115 Å². The summed E-state index contributed by atoms with van der Waals surface area (Å²) in [5.74, 6) is 2.19. The van der Waals surface area contributed by atoms with Gasteiger partial charge in [0.25, 0.3) is 0 Å². The molecule has 5 nitrogen and oxygen atoms in total. The smallest absolute Gasteiger partial charge is 0.242 e. The van der Waals surface area contributed by atoms with Gasteiger partial charge in [-0.05, 0) is 25.7 Å². The van der Waals surface area contributed by atoms with Gasteiger partial charge in [0.05, 0.1) is 6.61 Å². The fourth-order valence-corrected chi connectivity index (χ4v) is 2.72. The number of ether oxygens (including phenoxy) is 1.